The van der Waals surface area contributed by atoms with Gasteiger partial charge in [0.15, 0.2) is 0 Å². The quantitative estimate of drug-likeness (QED) is 0.781. The van der Waals surface area contributed by atoms with E-state index in [4.69, 9.17) is 40.5 Å². The predicted octanol–water partition coefficient (Wildman–Crippen LogP) is 3.31. The molecule has 0 aliphatic heterocycles. The zero-order valence-electron chi connectivity index (χ0n) is 6.93. The summed E-state index contributed by atoms with van der Waals surface area (Å²) in [6.07, 6.45) is 0. The van der Waals surface area contributed by atoms with E-state index in [1.165, 1.54) is 0 Å². The van der Waals surface area contributed by atoms with Gasteiger partial charge in [-0.2, -0.15) is 0 Å². The van der Waals surface area contributed by atoms with Crippen molar-refractivity contribution in [2.24, 2.45) is 5.73 Å². The fourth-order valence-corrected chi connectivity index (χ4v) is 1.50. The third kappa shape index (κ3) is 2.94. The van der Waals surface area contributed by atoms with Crippen LogP contribution in [-0.2, 0) is 0 Å². The van der Waals surface area contributed by atoms with Gasteiger partial charge in [-0.1, -0.05) is 34.8 Å². The Kier molecular flexibility index (Phi) is 3.86. The van der Waals surface area contributed by atoms with E-state index in [1.807, 2.05) is 0 Å². The molecule has 0 saturated carbocycles. The first kappa shape index (κ1) is 11.4. The molecule has 6 heteroatoms. The molecule has 3 N–H and O–H groups in total. The van der Waals surface area contributed by atoms with Gasteiger partial charge in [0, 0.05) is 16.3 Å². The van der Waals surface area contributed by atoms with Crippen molar-refractivity contribution in [3.05, 3.63) is 28.8 Å². The highest BCUT2D eigenvalue weighted by Gasteiger charge is 2.11. The summed E-state index contributed by atoms with van der Waals surface area (Å²) in [6.45, 7) is 0. The molecule has 1 rings (SSSR count). The van der Waals surface area contributed by atoms with Crippen molar-refractivity contribution in [2.45, 2.75) is 4.84 Å². The van der Waals surface area contributed by atoms with Crippen molar-refractivity contribution < 1.29 is 4.79 Å². The average Bonchev–Trinajstić information content (AvgIpc) is 2.07. The van der Waals surface area contributed by atoms with Crippen LogP contribution >= 0.6 is 34.8 Å². The minimum atomic E-state index is -0.768. The van der Waals surface area contributed by atoms with Crippen molar-refractivity contribution >= 4 is 46.5 Å². The Balaban J connectivity index is 3.08. The van der Waals surface area contributed by atoms with E-state index in [-0.39, 0.29) is 0 Å². The van der Waals surface area contributed by atoms with Gasteiger partial charge in [-0.15, -0.1) is 0 Å². The van der Waals surface area contributed by atoms with Crippen LogP contribution in [0.2, 0.25) is 5.02 Å². The van der Waals surface area contributed by atoms with Crippen LogP contribution in [0, 0.1) is 0 Å². The number of amides is 2. The second-order valence-electron chi connectivity index (χ2n) is 2.52. The van der Waals surface area contributed by atoms with Gasteiger partial charge in [0.05, 0.1) is 0 Å². The molecule has 14 heavy (non-hydrogen) atoms. The number of benzene rings is 1. The Morgan fingerprint density at radius 1 is 1.43 bits per heavy atom. The second-order valence-corrected chi connectivity index (χ2v) is 4.05. The molecule has 0 aliphatic rings. The van der Waals surface area contributed by atoms with Crippen LogP contribution in [0.4, 0.5) is 10.5 Å². The van der Waals surface area contributed by atoms with E-state index >= 15 is 0 Å². The number of anilines is 1. The van der Waals surface area contributed by atoms with Gasteiger partial charge in [-0.3, -0.25) is 0 Å². The summed E-state index contributed by atoms with van der Waals surface area (Å²) in [6, 6.07) is 4.08. The molecular weight excluding hydrogens is 246 g/mol. The zero-order valence-corrected chi connectivity index (χ0v) is 9.20. The maximum atomic E-state index is 10.6. The Morgan fingerprint density at radius 3 is 2.57 bits per heavy atom. The van der Waals surface area contributed by atoms with E-state index in [9.17, 15) is 4.79 Å². The Morgan fingerprint density at radius 2 is 2.07 bits per heavy atom. The summed E-state index contributed by atoms with van der Waals surface area (Å²) in [5.74, 6) is 0. The van der Waals surface area contributed by atoms with E-state index in [2.05, 4.69) is 5.32 Å². The fourth-order valence-electron chi connectivity index (χ4n) is 0.961. The smallest absolute Gasteiger partial charge is 0.316 e. The van der Waals surface area contributed by atoms with Gasteiger partial charge in [0.25, 0.3) is 0 Å². The third-order valence-corrected chi connectivity index (χ3v) is 2.21. The molecule has 0 aromatic heterocycles. The first-order valence-electron chi connectivity index (χ1n) is 3.64. The number of rotatable bonds is 2. The van der Waals surface area contributed by atoms with Gasteiger partial charge < -0.3 is 11.1 Å². The van der Waals surface area contributed by atoms with Crippen LogP contribution < -0.4 is 11.1 Å². The Labute approximate surface area is 96.1 Å². The van der Waals surface area contributed by atoms with Crippen LogP contribution in [0.5, 0.6) is 0 Å². The normalized spacial score (nSPS) is 10.3. The van der Waals surface area contributed by atoms with Crippen molar-refractivity contribution in [3.63, 3.8) is 0 Å². The van der Waals surface area contributed by atoms with Crippen LogP contribution in [0.25, 0.3) is 0 Å². The number of hydrogen-bond donors (Lipinski definition) is 2. The first-order chi connectivity index (χ1) is 6.50. The minimum Gasteiger partial charge on any atom is -0.351 e. The molecule has 0 unspecified atom stereocenters. The lowest BCUT2D eigenvalue weighted by atomic mass is 10.2. The number of nitrogens with two attached hydrogens (primary N) is 1. The number of primary amides is 1. The van der Waals surface area contributed by atoms with Gasteiger partial charge in [-0.25, -0.2) is 4.79 Å². The maximum Gasteiger partial charge on any atom is 0.316 e. The van der Waals surface area contributed by atoms with Crippen LogP contribution in [0.1, 0.15) is 10.4 Å². The molecular formula is C8H7Cl3N2O. The molecule has 0 fully saturated rings. The summed E-state index contributed by atoms with van der Waals surface area (Å²) < 4.78 is 0. The highest BCUT2D eigenvalue weighted by molar-refractivity contribution is 6.44. The molecule has 0 saturated heterocycles. The first-order valence-corrected chi connectivity index (χ1v) is 4.90. The molecule has 1 aromatic carbocycles. The lowest BCUT2D eigenvalue weighted by Gasteiger charge is -2.10. The monoisotopic (exact) mass is 252 g/mol. The van der Waals surface area contributed by atoms with Crippen LogP contribution in [0.3, 0.4) is 0 Å². The number of carbonyl (C=O) groups is 1. The van der Waals surface area contributed by atoms with Gasteiger partial charge in [0.2, 0.25) is 0 Å². The van der Waals surface area contributed by atoms with Gasteiger partial charge >= 0.3 is 6.03 Å². The van der Waals surface area contributed by atoms with Crippen LogP contribution in [0.15, 0.2) is 18.2 Å². The van der Waals surface area contributed by atoms with E-state index in [0.717, 1.165) is 0 Å². The topological polar surface area (TPSA) is 55.1 Å². The molecule has 3 nitrogen and oxygen atoms in total. The van der Waals surface area contributed by atoms with Crippen molar-refractivity contribution in [1.82, 2.24) is 0 Å². The second kappa shape index (κ2) is 4.73. The Bertz CT molecular complexity index is 354. The standard InChI is InChI=1S/C8H7Cl3N2O/c9-4-1-2-6(13-8(12)14)5(3-4)7(10)11/h1-3,7H,(H3,12,13,14). The minimum absolute atomic E-state index is 0.455. The highest BCUT2D eigenvalue weighted by atomic mass is 35.5. The van der Waals surface area contributed by atoms with Gasteiger partial charge in [0.1, 0.15) is 4.84 Å². The summed E-state index contributed by atoms with van der Waals surface area (Å²) in [7, 11) is 0. The average molecular weight is 254 g/mol. The lowest BCUT2D eigenvalue weighted by molar-refractivity contribution is 0.259. The molecule has 76 valence electrons. The molecule has 1 aromatic rings. The van der Waals surface area contributed by atoms with Crippen molar-refractivity contribution in [1.29, 1.82) is 0 Å². The summed E-state index contributed by atoms with van der Waals surface area (Å²) in [5, 5.41) is 2.88. The van der Waals surface area contributed by atoms with Gasteiger partial charge in [-0.05, 0) is 18.2 Å². The molecule has 0 heterocycles. The Hall–Kier alpha value is -0.640. The number of halogens is 3. The summed E-state index contributed by atoms with van der Waals surface area (Å²) in [4.78, 5) is 9.85. The number of nitrogens with one attached hydrogen (secondary N) is 1. The predicted molar refractivity (Wildman–Crippen MR) is 59.1 cm³/mol. The third-order valence-electron chi connectivity index (χ3n) is 1.51. The maximum absolute atomic E-state index is 10.6. The molecule has 0 radical (unpaired) electrons. The fraction of sp³-hybridized carbons (Fsp3) is 0.125. The van der Waals surface area contributed by atoms with Crippen molar-refractivity contribution in [3.8, 4) is 0 Å². The zero-order chi connectivity index (χ0) is 10.7. The number of urea groups is 1. The summed E-state index contributed by atoms with van der Waals surface area (Å²) in [5.41, 5.74) is 5.93. The van der Waals surface area contributed by atoms with E-state index in [0.29, 0.717) is 16.3 Å². The molecule has 0 atom stereocenters. The lowest BCUT2D eigenvalue weighted by Crippen LogP contribution is -2.20. The van der Waals surface area contributed by atoms with E-state index in [1.54, 1.807) is 18.2 Å². The molecule has 0 bridgehead atoms. The highest BCUT2D eigenvalue weighted by Crippen LogP contribution is 2.33. The SMILES string of the molecule is NC(=O)Nc1ccc(Cl)cc1C(Cl)Cl. The molecule has 2 amide bonds. The van der Waals surface area contributed by atoms with Crippen LogP contribution in [-0.4, -0.2) is 6.03 Å². The number of carbonyl (C=O) groups excluding carboxylic acids is 1. The molecule has 0 aliphatic carbocycles. The number of hydrogen-bond acceptors (Lipinski definition) is 1. The molecule has 0 spiro atoms. The number of alkyl halides is 2. The van der Waals surface area contributed by atoms with Crippen molar-refractivity contribution in [2.75, 3.05) is 5.32 Å². The largest absolute Gasteiger partial charge is 0.351 e. The summed E-state index contributed by atoms with van der Waals surface area (Å²) >= 11 is 17.1. The van der Waals surface area contributed by atoms with E-state index < -0.39 is 10.9 Å².